The molecule has 2 unspecified atom stereocenters. The molecule has 1 aromatic rings. The van der Waals surface area contributed by atoms with Gasteiger partial charge in [-0.05, 0) is 53.4 Å². The average molecular weight is 513 g/mol. The minimum Gasteiger partial charge on any atom is -0.352 e. The summed E-state index contributed by atoms with van der Waals surface area (Å²) in [5, 5.41) is 6.75. The van der Waals surface area contributed by atoms with Crippen molar-refractivity contribution in [3.05, 3.63) is 34.1 Å². The van der Waals surface area contributed by atoms with E-state index in [1.165, 1.54) is 6.07 Å². The van der Waals surface area contributed by atoms with Gasteiger partial charge >= 0.3 is 0 Å². The molecule has 7 heteroatoms. The maximum atomic E-state index is 13.6. The van der Waals surface area contributed by atoms with Crippen LogP contribution in [0.5, 0.6) is 0 Å². The Bertz CT molecular complexity index is 568. The van der Waals surface area contributed by atoms with Crippen molar-refractivity contribution in [1.29, 1.82) is 0 Å². The molecule has 0 aromatic heterocycles. The Labute approximate surface area is 169 Å². The lowest BCUT2D eigenvalue weighted by Crippen LogP contribution is -2.46. The summed E-state index contributed by atoms with van der Waals surface area (Å²) in [6, 6.07) is 6.09. The van der Waals surface area contributed by atoms with Crippen LogP contribution in [0.3, 0.4) is 0 Å². The second-order valence-corrected chi connectivity index (χ2v) is 7.30. The first-order valence-electron chi connectivity index (χ1n) is 8.06. The molecule has 1 saturated heterocycles. The molecular formula is C17H27BrFIN4. The highest BCUT2D eigenvalue weighted by atomic mass is 127. The third kappa shape index (κ3) is 5.84. The number of aliphatic imine (C=N–C) groups is 1. The molecule has 1 heterocycles. The standard InChI is InChI=1S/C17H26BrFN4.HI/c1-11(2)23-9-12(3)16(10-23)22-17(20-4)21-8-13-5-6-14(18)15(19)7-13;/h5-7,11-12,16H,8-10H2,1-4H3,(H2,20,21,22);1H. The first kappa shape index (κ1) is 21.6. The zero-order chi connectivity index (χ0) is 17.0. The van der Waals surface area contributed by atoms with Gasteiger partial charge in [0, 0.05) is 38.8 Å². The van der Waals surface area contributed by atoms with Gasteiger partial charge in [-0.3, -0.25) is 9.89 Å². The number of nitrogens with zero attached hydrogens (tertiary/aromatic N) is 2. The number of hydrogen-bond donors (Lipinski definition) is 2. The molecule has 1 fully saturated rings. The van der Waals surface area contributed by atoms with E-state index in [2.05, 4.69) is 57.2 Å². The Hall–Kier alpha value is -0.410. The fourth-order valence-electron chi connectivity index (χ4n) is 2.82. The summed E-state index contributed by atoms with van der Waals surface area (Å²) in [5.41, 5.74) is 0.886. The van der Waals surface area contributed by atoms with Gasteiger partial charge in [0.25, 0.3) is 0 Å². The van der Waals surface area contributed by atoms with Crippen molar-refractivity contribution < 1.29 is 4.39 Å². The van der Waals surface area contributed by atoms with Gasteiger partial charge < -0.3 is 10.6 Å². The number of rotatable bonds is 4. The van der Waals surface area contributed by atoms with E-state index < -0.39 is 0 Å². The fraction of sp³-hybridized carbons (Fsp3) is 0.588. The number of guanidine groups is 1. The van der Waals surface area contributed by atoms with Crippen LogP contribution in [0.1, 0.15) is 26.3 Å². The van der Waals surface area contributed by atoms with Crippen molar-refractivity contribution in [2.75, 3.05) is 20.1 Å². The molecule has 0 saturated carbocycles. The largest absolute Gasteiger partial charge is 0.352 e. The lowest BCUT2D eigenvalue weighted by atomic mass is 10.1. The first-order chi connectivity index (χ1) is 10.9. The quantitative estimate of drug-likeness (QED) is 0.368. The van der Waals surface area contributed by atoms with Crippen LogP contribution in [0.2, 0.25) is 0 Å². The third-order valence-electron chi connectivity index (χ3n) is 4.36. The molecule has 4 nitrogen and oxygen atoms in total. The Kier molecular flexibility index (Phi) is 8.94. The van der Waals surface area contributed by atoms with Crippen LogP contribution in [-0.4, -0.2) is 43.1 Å². The van der Waals surface area contributed by atoms with E-state index >= 15 is 0 Å². The van der Waals surface area contributed by atoms with Crippen LogP contribution < -0.4 is 10.6 Å². The number of likely N-dealkylation sites (tertiary alicyclic amines) is 1. The van der Waals surface area contributed by atoms with E-state index in [1.807, 2.05) is 6.07 Å². The summed E-state index contributed by atoms with van der Waals surface area (Å²) in [4.78, 5) is 6.76. The first-order valence-corrected chi connectivity index (χ1v) is 8.85. The smallest absolute Gasteiger partial charge is 0.191 e. The number of benzene rings is 1. The molecular weight excluding hydrogens is 486 g/mol. The zero-order valence-electron chi connectivity index (χ0n) is 14.6. The second kappa shape index (κ2) is 9.91. The maximum absolute atomic E-state index is 13.6. The summed E-state index contributed by atoms with van der Waals surface area (Å²) in [6.45, 7) is 9.38. The van der Waals surface area contributed by atoms with Gasteiger partial charge in [-0.15, -0.1) is 24.0 Å². The van der Waals surface area contributed by atoms with Crippen LogP contribution in [0.25, 0.3) is 0 Å². The number of halogens is 3. The summed E-state index contributed by atoms with van der Waals surface area (Å²) in [6.07, 6.45) is 0. The monoisotopic (exact) mass is 512 g/mol. The van der Waals surface area contributed by atoms with Gasteiger partial charge in [-0.25, -0.2) is 4.39 Å². The minimum absolute atomic E-state index is 0. The molecule has 0 bridgehead atoms. The van der Waals surface area contributed by atoms with E-state index in [0.29, 0.717) is 29.0 Å². The molecule has 2 atom stereocenters. The van der Waals surface area contributed by atoms with Gasteiger partial charge in [0.15, 0.2) is 5.96 Å². The van der Waals surface area contributed by atoms with Crippen molar-refractivity contribution in [1.82, 2.24) is 15.5 Å². The van der Waals surface area contributed by atoms with Crippen LogP contribution in [-0.2, 0) is 6.54 Å². The number of hydrogen-bond acceptors (Lipinski definition) is 2. The van der Waals surface area contributed by atoms with E-state index in [-0.39, 0.29) is 29.8 Å². The lowest BCUT2D eigenvalue weighted by Gasteiger charge is -2.22. The highest BCUT2D eigenvalue weighted by Crippen LogP contribution is 2.19. The summed E-state index contributed by atoms with van der Waals surface area (Å²) >= 11 is 3.17. The molecule has 1 aromatic carbocycles. The van der Waals surface area contributed by atoms with Gasteiger partial charge in [0.05, 0.1) is 4.47 Å². The minimum atomic E-state index is -0.246. The van der Waals surface area contributed by atoms with Crippen LogP contribution in [0, 0.1) is 11.7 Å². The highest BCUT2D eigenvalue weighted by Gasteiger charge is 2.31. The van der Waals surface area contributed by atoms with Crippen molar-refractivity contribution in [2.24, 2.45) is 10.9 Å². The van der Waals surface area contributed by atoms with Crippen molar-refractivity contribution in [3.8, 4) is 0 Å². The normalized spacial score (nSPS) is 21.7. The van der Waals surface area contributed by atoms with Crippen LogP contribution in [0.15, 0.2) is 27.7 Å². The molecule has 0 radical (unpaired) electrons. The average Bonchev–Trinajstić information content (AvgIpc) is 2.88. The molecule has 0 spiro atoms. The summed E-state index contributed by atoms with van der Waals surface area (Å²) in [7, 11) is 1.76. The van der Waals surface area contributed by atoms with Crippen molar-refractivity contribution in [3.63, 3.8) is 0 Å². The molecule has 2 rings (SSSR count). The van der Waals surface area contributed by atoms with Gasteiger partial charge in [0.2, 0.25) is 0 Å². The van der Waals surface area contributed by atoms with E-state index in [9.17, 15) is 4.39 Å². The molecule has 1 aliphatic heterocycles. The predicted molar refractivity (Wildman–Crippen MR) is 113 cm³/mol. The van der Waals surface area contributed by atoms with Crippen molar-refractivity contribution in [2.45, 2.75) is 39.4 Å². The Morgan fingerprint density at radius 3 is 2.67 bits per heavy atom. The van der Waals surface area contributed by atoms with E-state index in [1.54, 1.807) is 13.1 Å². The molecule has 1 aliphatic rings. The molecule has 0 amide bonds. The molecule has 2 N–H and O–H groups in total. The Morgan fingerprint density at radius 2 is 2.12 bits per heavy atom. The number of nitrogens with one attached hydrogen (secondary N) is 2. The van der Waals surface area contributed by atoms with Gasteiger partial charge in [0.1, 0.15) is 5.82 Å². The maximum Gasteiger partial charge on any atom is 0.191 e. The summed E-state index contributed by atoms with van der Waals surface area (Å²) in [5.74, 6) is 1.08. The van der Waals surface area contributed by atoms with Gasteiger partial charge in [-0.2, -0.15) is 0 Å². The Balaban J connectivity index is 0.00000288. The van der Waals surface area contributed by atoms with Crippen molar-refractivity contribution >= 4 is 45.9 Å². The second-order valence-electron chi connectivity index (χ2n) is 6.45. The van der Waals surface area contributed by atoms with Crippen LogP contribution >= 0.6 is 39.9 Å². The third-order valence-corrected chi connectivity index (χ3v) is 5.00. The Morgan fingerprint density at radius 1 is 1.42 bits per heavy atom. The summed E-state index contributed by atoms with van der Waals surface area (Å²) < 4.78 is 14.0. The van der Waals surface area contributed by atoms with Crippen LogP contribution in [0.4, 0.5) is 4.39 Å². The SMILES string of the molecule is CN=C(NCc1ccc(Br)c(F)c1)NC1CN(C(C)C)CC1C.I. The predicted octanol–water partition coefficient (Wildman–Crippen LogP) is 3.60. The topological polar surface area (TPSA) is 39.7 Å². The molecule has 24 heavy (non-hydrogen) atoms. The molecule has 0 aliphatic carbocycles. The fourth-order valence-corrected chi connectivity index (χ4v) is 3.07. The highest BCUT2D eigenvalue weighted by molar-refractivity contribution is 14.0. The zero-order valence-corrected chi connectivity index (χ0v) is 18.6. The molecule has 136 valence electrons. The lowest BCUT2D eigenvalue weighted by molar-refractivity contribution is 0.265. The van der Waals surface area contributed by atoms with Gasteiger partial charge in [-0.1, -0.05) is 13.0 Å². The van der Waals surface area contributed by atoms with E-state index in [0.717, 1.165) is 24.6 Å². The van der Waals surface area contributed by atoms with E-state index in [4.69, 9.17) is 0 Å².